The number of hydrogen-bond acceptors (Lipinski definition) is 4. The van der Waals surface area contributed by atoms with Gasteiger partial charge in [0.2, 0.25) is 5.91 Å². The fraction of sp³-hybridized carbons (Fsp3) is 0.533. The van der Waals surface area contributed by atoms with Gasteiger partial charge in [-0.1, -0.05) is 12.1 Å². The zero-order valence-corrected chi connectivity index (χ0v) is 12.1. The van der Waals surface area contributed by atoms with Gasteiger partial charge in [-0.25, -0.2) is 0 Å². The second-order valence-electron chi connectivity index (χ2n) is 5.13. The number of amides is 1. The van der Waals surface area contributed by atoms with Gasteiger partial charge in [-0.2, -0.15) is 0 Å². The van der Waals surface area contributed by atoms with Crippen LogP contribution in [0, 0.1) is 5.92 Å². The van der Waals surface area contributed by atoms with E-state index in [1.165, 1.54) is 0 Å². The van der Waals surface area contributed by atoms with Gasteiger partial charge < -0.3 is 15.2 Å². The van der Waals surface area contributed by atoms with E-state index in [0.29, 0.717) is 12.3 Å². The molecule has 5 heteroatoms. The van der Waals surface area contributed by atoms with E-state index in [2.05, 4.69) is 10.2 Å². The quantitative estimate of drug-likeness (QED) is 0.873. The maximum absolute atomic E-state index is 11.6. The maximum Gasteiger partial charge on any atom is 0.222 e. The minimum Gasteiger partial charge on any atom is -0.504 e. The number of piperidine rings is 1. The predicted octanol–water partition coefficient (Wildman–Crippen LogP) is 1.36. The molecule has 0 atom stereocenters. The van der Waals surface area contributed by atoms with Gasteiger partial charge in [0.15, 0.2) is 11.5 Å². The Bertz CT molecular complexity index is 468. The first-order valence-corrected chi connectivity index (χ1v) is 6.94. The lowest BCUT2D eigenvalue weighted by Crippen LogP contribution is -2.39. The highest BCUT2D eigenvalue weighted by Gasteiger charge is 2.24. The zero-order valence-electron chi connectivity index (χ0n) is 12.1. The first kappa shape index (κ1) is 14.7. The Hall–Kier alpha value is -1.75. The van der Waals surface area contributed by atoms with Crippen LogP contribution in [0.4, 0.5) is 0 Å². The molecule has 5 nitrogen and oxygen atoms in total. The number of methoxy groups -OCH3 is 1. The van der Waals surface area contributed by atoms with Gasteiger partial charge in [0, 0.05) is 25.1 Å². The Morgan fingerprint density at radius 3 is 2.75 bits per heavy atom. The maximum atomic E-state index is 11.6. The van der Waals surface area contributed by atoms with Gasteiger partial charge in [0.05, 0.1) is 7.11 Å². The van der Waals surface area contributed by atoms with Crippen LogP contribution in [0.15, 0.2) is 18.2 Å². The van der Waals surface area contributed by atoms with E-state index < -0.39 is 0 Å². The number of phenols is 1. The van der Waals surface area contributed by atoms with Crippen molar-refractivity contribution in [2.45, 2.75) is 19.4 Å². The molecule has 2 rings (SSSR count). The molecule has 1 aromatic rings. The number of carbonyl (C=O) groups excluding carboxylic acids is 1. The van der Waals surface area contributed by atoms with E-state index in [1.54, 1.807) is 20.2 Å². The molecule has 1 aromatic carbocycles. The third-order valence-corrected chi connectivity index (χ3v) is 3.90. The summed E-state index contributed by atoms with van der Waals surface area (Å²) >= 11 is 0. The molecule has 1 aliphatic heterocycles. The predicted molar refractivity (Wildman–Crippen MR) is 76.7 cm³/mol. The molecule has 0 bridgehead atoms. The van der Waals surface area contributed by atoms with Gasteiger partial charge >= 0.3 is 0 Å². The summed E-state index contributed by atoms with van der Waals surface area (Å²) in [6, 6.07) is 5.53. The molecule has 0 unspecified atom stereocenters. The highest BCUT2D eigenvalue weighted by molar-refractivity contribution is 5.78. The zero-order chi connectivity index (χ0) is 14.5. The summed E-state index contributed by atoms with van der Waals surface area (Å²) in [5.41, 5.74) is 0.864. The lowest BCUT2D eigenvalue weighted by Gasteiger charge is -2.31. The van der Waals surface area contributed by atoms with Gasteiger partial charge in [0.25, 0.3) is 0 Å². The SMILES string of the molecule is CNC(=O)C1CCN(Cc2cccc(OC)c2O)CC1. The average Bonchev–Trinajstić information content (AvgIpc) is 2.49. The van der Waals surface area contributed by atoms with Crippen molar-refractivity contribution in [3.05, 3.63) is 23.8 Å². The number of hydrogen-bond donors (Lipinski definition) is 2. The molecular formula is C15H22N2O3. The number of nitrogens with zero attached hydrogens (tertiary/aromatic N) is 1. The number of nitrogens with one attached hydrogen (secondary N) is 1. The van der Waals surface area contributed by atoms with Crippen LogP contribution < -0.4 is 10.1 Å². The van der Waals surface area contributed by atoms with Gasteiger partial charge in [-0.3, -0.25) is 9.69 Å². The normalized spacial score (nSPS) is 16.9. The third kappa shape index (κ3) is 3.22. The van der Waals surface area contributed by atoms with Crippen molar-refractivity contribution in [3.8, 4) is 11.5 Å². The summed E-state index contributed by atoms with van der Waals surface area (Å²) in [4.78, 5) is 13.8. The molecule has 0 aromatic heterocycles. The minimum atomic E-state index is 0.121. The van der Waals surface area contributed by atoms with Gasteiger partial charge in [-0.05, 0) is 32.0 Å². The second kappa shape index (κ2) is 6.61. The average molecular weight is 278 g/mol. The van der Waals surface area contributed by atoms with Crippen LogP contribution in [0.1, 0.15) is 18.4 Å². The molecule has 2 N–H and O–H groups in total. The summed E-state index contributed by atoms with van der Waals surface area (Å²) in [5, 5.41) is 12.8. The van der Waals surface area contributed by atoms with Gasteiger partial charge in [-0.15, -0.1) is 0 Å². The molecule has 0 aliphatic carbocycles. The lowest BCUT2D eigenvalue weighted by atomic mass is 9.95. The summed E-state index contributed by atoms with van der Waals surface area (Å²) in [6.45, 7) is 2.42. The van der Waals surface area contributed by atoms with Crippen molar-refractivity contribution in [3.63, 3.8) is 0 Å². The van der Waals surface area contributed by atoms with Crippen molar-refractivity contribution < 1.29 is 14.6 Å². The molecule has 1 fully saturated rings. The molecule has 110 valence electrons. The van der Waals surface area contributed by atoms with Crippen LogP contribution in [0.25, 0.3) is 0 Å². The third-order valence-electron chi connectivity index (χ3n) is 3.90. The number of para-hydroxylation sites is 1. The molecule has 0 spiro atoms. The number of aromatic hydroxyl groups is 1. The fourth-order valence-electron chi connectivity index (χ4n) is 2.66. The van der Waals surface area contributed by atoms with Crippen molar-refractivity contribution in [1.29, 1.82) is 0 Å². The van der Waals surface area contributed by atoms with Crippen molar-refractivity contribution >= 4 is 5.91 Å². The van der Waals surface area contributed by atoms with Crippen molar-refractivity contribution in [2.24, 2.45) is 5.92 Å². The number of likely N-dealkylation sites (tertiary alicyclic amines) is 1. The Balaban J connectivity index is 1.94. The smallest absolute Gasteiger partial charge is 0.222 e. The topological polar surface area (TPSA) is 61.8 Å². The van der Waals surface area contributed by atoms with E-state index in [0.717, 1.165) is 31.5 Å². The molecule has 1 aliphatic rings. The molecule has 0 saturated carbocycles. The van der Waals surface area contributed by atoms with Crippen LogP contribution in [-0.2, 0) is 11.3 Å². The van der Waals surface area contributed by atoms with E-state index in [9.17, 15) is 9.90 Å². The number of carbonyl (C=O) groups is 1. The Labute approximate surface area is 119 Å². The largest absolute Gasteiger partial charge is 0.504 e. The Kier molecular flexibility index (Phi) is 4.84. The van der Waals surface area contributed by atoms with E-state index >= 15 is 0 Å². The molecule has 20 heavy (non-hydrogen) atoms. The molecule has 1 amide bonds. The van der Waals surface area contributed by atoms with Crippen molar-refractivity contribution in [2.75, 3.05) is 27.2 Å². The standard InChI is InChI=1S/C15H22N2O3/c1-16-15(19)11-6-8-17(9-7-11)10-12-4-3-5-13(20-2)14(12)18/h3-5,11,18H,6-10H2,1-2H3,(H,16,19). The van der Waals surface area contributed by atoms with Crippen LogP contribution in [0.2, 0.25) is 0 Å². The number of rotatable bonds is 4. The van der Waals surface area contributed by atoms with E-state index in [1.807, 2.05) is 12.1 Å². The van der Waals surface area contributed by atoms with E-state index in [-0.39, 0.29) is 17.6 Å². The fourth-order valence-corrected chi connectivity index (χ4v) is 2.66. The molecular weight excluding hydrogens is 256 g/mol. The van der Waals surface area contributed by atoms with Crippen LogP contribution in [0.5, 0.6) is 11.5 Å². The number of phenolic OH excluding ortho intramolecular Hbond substituents is 1. The van der Waals surface area contributed by atoms with Gasteiger partial charge in [0.1, 0.15) is 0 Å². The Morgan fingerprint density at radius 2 is 2.15 bits per heavy atom. The summed E-state index contributed by atoms with van der Waals surface area (Å²) in [6.07, 6.45) is 1.73. The highest BCUT2D eigenvalue weighted by Crippen LogP contribution is 2.31. The van der Waals surface area contributed by atoms with Crippen LogP contribution in [-0.4, -0.2) is 43.2 Å². The monoisotopic (exact) mass is 278 g/mol. The first-order valence-electron chi connectivity index (χ1n) is 6.94. The minimum absolute atomic E-state index is 0.121. The van der Waals surface area contributed by atoms with Crippen LogP contribution >= 0.6 is 0 Å². The first-order chi connectivity index (χ1) is 9.65. The van der Waals surface area contributed by atoms with Crippen LogP contribution in [0.3, 0.4) is 0 Å². The highest BCUT2D eigenvalue weighted by atomic mass is 16.5. The Morgan fingerprint density at radius 1 is 1.45 bits per heavy atom. The summed E-state index contributed by atoms with van der Waals surface area (Å²) in [5.74, 6) is 0.968. The number of ether oxygens (including phenoxy) is 1. The van der Waals surface area contributed by atoms with Crippen molar-refractivity contribution in [1.82, 2.24) is 10.2 Å². The van der Waals surface area contributed by atoms with E-state index in [4.69, 9.17) is 4.74 Å². The molecule has 1 saturated heterocycles. The summed E-state index contributed by atoms with van der Waals surface area (Å²) < 4.78 is 5.12. The summed E-state index contributed by atoms with van der Waals surface area (Å²) in [7, 11) is 3.23. The second-order valence-corrected chi connectivity index (χ2v) is 5.13. The molecule has 0 radical (unpaired) electrons. The lowest BCUT2D eigenvalue weighted by molar-refractivity contribution is -0.125. The molecule has 1 heterocycles. The number of benzene rings is 1.